The fourth-order valence-electron chi connectivity index (χ4n) is 0.407. The first-order valence-corrected chi connectivity index (χ1v) is 2.61. The second-order valence-electron chi connectivity index (χ2n) is 1.40. The Morgan fingerprint density at radius 1 is 1.75 bits per heavy atom. The van der Waals surface area contributed by atoms with Crippen molar-refractivity contribution in [2.24, 2.45) is 10.8 Å². The molecule has 1 rings (SSSR count). The van der Waals surface area contributed by atoms with Crippen LogP contribution in [0, 0.1) is 0 Å². The fraction of sp³-hybridized carbons (Fsp3) is 0.250. The second-order valence-corrected chi connectivity index (χ2v) is 1.79. The van der Waals surface area contributed by atoms with Crippen molar-refractivity contribution in [1.29, 1.82) is 0 Å². The average molecular weight is 132 g/mol. The van der Waals surface area contributed by atoms with Crippen LogP contribution in [0.4, 0.5) is 0 Å². The summed E-state index contributed by atoms with van der Waals surface area (Å²) in [6.45, 7) is 0. The summed E-state index contributed by atoms with van der Waals surface area (Å²) in [5.41, 5.74) is -0.431. The summed E-state index contributed by atoms with van der Waals surface area (Å²) in [7, 11) is 0. The van der Waals surface area contributed by atoms with Crippen molar-refractivity contribution in [2.45, 2.75) is 5.62 Å². The highest BCUT2D eigenvalue weighted by Gasteiger charge is 2.05. The van der Waals surface area contributed by atoms with Crippen molar-refractivity contribution in [2.75, 3.05) is 0 Å². The third-order valence-corrected chi connectivity index (χ3v) is 1.14. The van der Waals surface area contributed by atoms with Crippen LogP contribution in [0.3, 0.4) is 0 Å². The smallest absolute Gasteiger partial charge is 0.210 e. The molecule has 0 fully saturated rings. The van der Waals surface area contributed by atoms with Crippen molar-refractivity contribution in [3.8, 4) is 0 Å². The van der Waals surface area contributed by atoms with E-state index >= 15 is 0 Å². The lowest BCUT2D eigenvalue weighted by atomic mass is 10.6. The van der Waals surface area contributed by atoms with Gasteiger partial charge in [0.25, 0.3) is 0 Å². The molecular weight excluding hydrogens is 126 g/mol. The number of nitrogens with zero attached hydrogens (tertiary/aromatic N) is 2. The largest absolute Gasteiger partial charge is 0.281 e. The summed E-state index contributed by atoms with van der Waals surface area (Å²) in [5, 5.41) is 1.32. The fourth-order valence-corrected chi connectivity index (χ4v) is 0.537. The van der Waals surface area contributed by atoms with Gasteiger partial charge in [0, 0.05) is 12.4 Å². The van der Waals surface area contributed by atoms with Gasteiger partial charge >= 0.3 is 0 Å². The van der Waals surface area contributed by atoms with Crippen molar-refractivity contribution < 1.29 is 0 Å². The summed E-state index contributed by atoms with van der Waals surface area (Å²) in [5.74, 6) is 5.28. The van der Waals surface area contributed by atoms with Crippen molar-refractivity contribution in [3.63, 3.8) is 0 Å². The molecule has 0 saturated carbocycles. The predicted octanol–water partition coefficient (Wildman–Crippen LogP) is 0.283. The molecule has 0 aromatic carbocycles. The maximum absolute atomic E-state index is 5.52. The normalized spacial score (nSPS) is 26.8. The third-order valence-electron chi connectivity index (χ3n) is 0.799. The number of hydrazine groups is 1. The zero-order valence-electron chi connectivity index (χ0n) is 4.16. The van der Waals surface area contributed by atoms with E-state index in [1.54, 1.807) is 18.5 Å². The highest BCUT2D eigenvalue weighted by atomic mass is 35.5. The molecule has 0 aromatic rings. The summed E-state index contributed by atoms with van der Waals surface area (Å²) in [6, 6.07) is 0. The summed E-state index contributed by atoms with van der Waals surface area (Å²) >= 11 is 5.52. The Bertz CT molecular complexity index is 115. The van der Waals surface area contributed by atoms with Crippen LogP contribution in [0.25, 0.3) is 0 Å². The van der Waals surface area contributed by atoms with Gasteiger partial charge < -0.3 is 0 Å². The maximum atomic E-state index is 5.52. The van der Waals surface area contributed by atoms with E-state index in [0.29, 0.717) is 0 Å². The average Bonchev–Trinajstić information content (AvgIpc) is 1.77. The number of hydrogen-bond acceptors (Lipinski definition) is 3. The minimum atomic E-state index is -0.431. The second kappa shape index (κ2) is 2.15. The zero-order valence-corrected chi connectivity index (χ0v) is 4.92. The van der Waals surface area contributed by atoms with Gasteiger partial charge in [0.05, 0.1) is 0 Å². The van der Waals surface area contributed by atoms with Crippen molar-refractivity contribution >= 4 is 17.8 Å². The van der Waals surface area contributed by atoms with E-state index in [1.165, 1.54) is 5.01 Å². The van der Waals surface area contributed by atoms with Gasteiger partial charge in [-0.15, -0.1) is 0 Å². The molecule has 1 atom stereocenters. The lowest BCUT2D eigenvalue weighted by Crippen LogP contribution is -2.32. The molecule has 0 amide bonds. The standard InChI is InChI=1S/C4H6ClN3/c5-4-7-2-1-3-8(4)6/h1-4H,6H2. The summed E-state index contributed by atoms with van der Waals surface area (Å²) < 4.78 is 0. The first-order valence-electron chi connectivity index (χ1n) is 2.18. The zero-order chi connectivity index (χ0) is 5.98. The molecule has 2 N–H and O–H groups in total. The molecule has 0 radical (unpaired) electrons. The number of rotatable bonds is 0. The van der Waals surface area contributed by atoms with Crippen LogP contribution in [0.2, 0.25) is 0 Å². The number of nitrogens with two attached hydrogens (primary N) is 1. The number of alkyl halides is 1. The number of aliphatic imine (C=N–C) groups is 1. The predicted molar refractivity (Wildman–Crippen MR) is 33.3 cm³/mol. The van der Waals surface area contributed by atoms with Crippen LogP contribution in [0.5, 0.6) is 0 Å². The van der Waals surface area contributed by atoms with Crippen molar-refractivity contribution in [1.82, 2.24) is 5.01 Å². The quantitative estimate of drug-likeness (QED) is 0.292. The number of halogens is 1. The van der Waals surface area contributed by atoms with Crippen molar-refractivity contribution in [3.05, 3.63) is 12.3 Å². The Kier molecular flexibility index (Phi) is 1.50. The highest BCUT2D eigenvalue weighted by molar-refractivity contribution is 6.20. The molecule has 0 aliphatic carbocycles. The molecule has 1 unspecified atom stereocenters. The molecule has 1 heterocycles. The Hall–Kier alpha value is -0.540. The Labute approximate surface area is 52.4 Å². The van der Waals surface area contributed by atoms with Crippen LogP contribution in [-0.4, -0.2) is 16.8 Å². The van der Waals surface area contributed by atoms with Gasteiger partial charge in [-0.1, -0.05) is 11.6 Å². The molecule has 0 spiro atoms. The Morgan fingerprint density at radius 3 is 2.88 bits per heavy atom. The highest BCUT2D eigenvalue weighted by Crippen LogP contribution is 2.03. The van der Waals surface area contributed by atoms with Gasteiger partial charge in [0.15, 0.2) is 0 Å². The van der Waals surface area contributed by atoms with Gasteiger partial charge in [0.2, 0.25) is 5.62 Å². The van der Waals surface area contributed by atoms with Gasteiger partial charge in [0.1, 0.15) is 0 Å². The molecule has 0 saturated heterocycles. The van der Waals surface area contributed by atoms with Crippen LogP contribution >= 0.6 is 11.6 Å². The Balaban J connectivity index is 2.59. The van der Waals surface area contributed by atoms with Crippen LogP contribution in [0.15, 0.2) is 17.3 Å². The van der Waals surface area contributed by atoms with Crippen LogP contribution in [-0.2, 0) is 0 Å². The minimum Gasteiger partial charge on any atom is -0.281 e. The number of hydrogen-bond donors (Lipinski definition) is 1. The van der Waals surface area contributed by atoms with Crippen LogP contribution in [0.1, 0.15) is 0 Å². The van der Waals surface area contributed by atoms with E-state index in [9.17, 15) is 0 Å². The molecule has 1 aliphatic heterocycles. The molecular formula is C4H6ClN3. The minimum absolute atomic E-state index is 0.431. The monoisotopic (exact) mass is 131 g/mol. The Morgan fingerprint density at radius 2 is 2.50 bits per heavy atom. The molecule has 4 heteroatoms. The van der Waals surface area contributed by atoms with Gasteiger partial charge in [-0.25, -0.2) is 5.84 Å². The number of allylic oxidation sites excluding steroid dienone is 1. The first-order chi connectivity index (χ1) is 3.80. The molecule has 8 heavy (non-hydrogen) atoms. The topological polar surface area (TPSA) is 41.6 Å². The molecule has 0 bridgehead atoms. The summed E-state index contributed by atoms with van der Waals surface area (Å²) in [4.78, 5) is 3.77. The van der Waals surface area contributed by atoms with E-state index in [0.717, 1.165) is 0 Å². The van der Waals surface area contributed by atoms with Gasteiger partial charge in [-0.05, 0) is 6.08 Å². The molecule has 0 aromatic heterocycles. The lowest BCUT2D eigenvalue weighted by molar-refractivity contribution is 0.368. The van der Waals surface area contributed by atoms with E-state index in [1.807, 2.05) is 0 Å². The first kappa shape index (κ1) is 5.59. The van der Waals surface area contributed by atoms with Gasteiger partial charge in [-0.3, -0.25) is 10.0 Å². The van der Waals surface area contributed by atoms with E-state index in [4.69, 9.17) is 17.4 Å². The van der Waals surface area contributed by atoms with Gasteiger partial charge in [-0.2, -0.15) is 0 Å². The molecule has 44 valence electrons. The molecule has 1 aliphatic rings. The summed E-state index contributed by atoms with van der Waals surface area (Å²) in [6.07, 6.45) is 4.99. The SMILES string of the molecule is NN1C=CC=NC1Cl. The maximum Gasteiger partial charge on any atom is 0.210 e. The van der Waals surface area contributed by atoms with E-state index in [2.05, 4.69) is 4.99 Å². The lowest BCUT2D eigenvalue weighted by Gasteiger charge is -2.17. The van der Waals surface area contributed by atoms with Crippen LogP contribution < -0.4 is 5.84 Å². The van der Waals surface area contributed by atoms with E-state index < -0.39 is 5.62 Å². The molecule has 3 nitrogen and oxygen atoms in total. The third kappa shape index (κ3) is 0.993. The van der Waals surface area contributed by atoms with E-state index in [-0.39, 0.29) is 0 Å².